The molecule has 0 unspecified atom stereocenters. The lowest BCUT2D eigenvalue weighted by Crippen LogP contribution is -2.18. The fourth-order valence-electron chi connectivity index (χ4n) is 2.65. The van der Waals surface area contributed by atoms with Crippen molar-refractivity contribution in [3.05, 3.63) is 70.0 Å². The summed E-state index contributed by atoms with van der Waals surface area (Å²) in [6.45, 7) is 3.42. The first-order valence-corrected chi connectivity index (χ1v) is 6.81. The molecule has 0 saturated carbocycles. The maximum Gasteiger partial charge on any atom is 0.259 e. The number of fused-ring (bicyclic) bond motifs is 1. The van der Waals surface area contributed by atoms with Crippen LogP contribution in [0.25, 0.3) is 22.0 Å². The van der Waals surface area contributed by atoms with E-state index in [4.69, 9.17) is 0 Å². The zero-order valence-corrected chi connectivity index (χ0v) is 11.9. The molecule has 3 nitrogen and oxygen atoms in total. The SMILES string of the molecule is CC(=O)c1c(-c2ccccc2)c2cc(C)ccc2[nH]c1=O. The van der Waals surface area contributed by atoms with Crippen LogP contribution in [0, 0.1) is 6.92 Å². The van der Waals surface area contributed by atoms with Gasteiger partial charge in [0.15, 0.2) is 5.78 Å². The van der Waals surface area contributed by atoms with Crippen molar-refractivity contribution in [3.8, 4) is 11.1 Å². The first-order chi connectivity index (χ1) is 10.1. The number of ketones is 1. The third kappa shape index (κ3) is 2.27. The molecule has 1 aromatic heterocycles. The van der Waals surface area contributed by atoms with Crippen LogP contribution in [0.5, 0.6) is 0 Å². The largest absolute Gasteiger partial charge is 0.321 e. The minimum absolute atomic E-state index is 0.222. The van der Waals surface area contributed by atoms with Crippen LogP contribution < -0.4 is 5.56 Å². The number of hydrogen-bond donors (Lipinski definition) is 1. The number of benzene rings is 2. The first kappa shape index (κ1) is 13.3. The fraction of sp³-hybridized carbons (Fsp3) is 0.111. The van der Waals surface area contributed by atoms with Gasteiger partial charge in [0.1, 0.15) is 0 Å². The highest BCUT2D eigenvalue weighted by Crippen LogP contribution is 2.30. The molecule has 21 heavy (non-hydrogen) atoms. The van der Waals surface area contributed by atoms with Gasteiger partial charge in [-0.05, 0) is 31.5 Å². The summed E-state index contributed by atoms with van der Waals surface area (Å²) in [5.74, 6) is -0.224. The van der Waals surface area contributed by atoms with Crippen molar-refractivity contribution in [2.24, 2.45) is 0 Å². The van der Waals surface area contributed by atoms with E-state index < -0.39 is 0 Å². The maximum atomic E-state index is 12.3. The van der Waals surface area contributed by atoms with Crippen LogP contribution in [0.1, 0.15) is 22.8 Å². The second-order valence-corrected chi connectivity index (χ2v) is 5.18. The number of carbonyl (C=O) groups excluding carboxylic acids is 1. The molecule has 2 aromatic carbocycles. The molecule has 0 aliphatic heterocycles. The molecule has 0 fully saturated rings. The Morgan fingerprint density at radius 3 is 2.43 bits per heavy atom. The van der Waals surface area contributed by atoms with Crippen molar-refractivity contribution in [3.63, 3.8) is 0 Å². The number of pyridine rings is 1. The monoisotopic (exact) mass is 277 g/mol. The van der Waals surface area contributed by atoms with Crippen LogP contribution in [0.15, 0.2) is 53.3 Å². The third-order valence-corrected chi connectivity index (χ3v) is 3.58. The van der Waals surface area contributed by atoms with E-state index in [1.807, 2.05) is 55.5 Å². The van der Waals surface area contributed by atoms with Gasteiger partial charge in [-0.2, -0.15) is 0 Å². The highest BCUT2D eigenvalue weighted by atomic mass is 16.1. The molecule has 1 heterocycles. The molecule has 3 heteroatoms. The van der Waals surface area contributed by atoms with Crippen LogP contribution in [-0.4, -0.2) is 10.8 Å². The average molecular weight is 277 g/mol. The molecule has 0 atom stereocenters. The molecule has 0 amide bonds. The Kier molecular flexibility index (Phi) is 3.18. The number of rotatable bonds is 2. The number of aromatic nitrogens is 1. The van der Waals surface area contributed by atoms with Gasteiger partial charge in [-0.1, -0.05) is 42.0 Å². The molecule has 0 saturated heterocycles. The van der Waals surface area contributed by atoms with Crippen molar-refractivity contribution in [1.29, 1.82) is 0 Å². The highest BCUT2D eigenvalue weighted by Gasteiger charge is 2.17. The van der Waals surface area contributed by atoms with Crippen molar-refractivity contribution < 1.29 is 4.79 Å². The van der Waals surface area contributed by atoms with Gasteiger partial charge in [0.2, 0.25) is 0 Å². The summed E-state index contributed by atoms with van der Waals surface area (Å²) in [6.07, 6.45) is 0. The Morgan fingerprint density at radius 1 is 1.05 bits per heavy atom. The summed E-state index contributed by atoms with van der Waals surface area (Å²) in [4.78, 5) is 27.0. The van der Waals surface area contributed by atoms with Gasteiger partial charge in [-0.3, -0.25) is 9.59 Å². The van der Waals surface area contributed by atoms with E-state index in [1.165, 1.54) is 6.92 Å². The second-order valence-electron chi connectivity index (χ2n) is 5.18. The summed E-state index contributed by atoms with van der Waals surface area (Å²) in [7, 11) is 0. The first-order valence-electron chi connectivity index (χ1n) is 6.81. The Labute approximate surface area is 122 Å². The zero-order valence-electron chi connectivity index (χ0n) is 11.9. The van der Waals surface area contributed by atoms with Crippen molar-refractivity contribution in [2.45, 2.75) is 13.8 Å². The minimum Gasteiger partial charge on any atom is -0.321 e. The number of carbonyl (C=O) groups is 1. The van der Waals surface area contributed by atoms with E-state index in [0.29, 0.717) is 5.56 Å². The molecule has 0 aliphatic rings. The molecule has 0 aliphatic carbocycles. The van der Waals surface area contributed by atoms with Crippen molar-refractivity contribution in [2.75, 3.05) is 0 Å². The fourth-order valence-corrected chi connectivity index (χ4v) is 2.65. The van der Waals surface area contributed by atoms with E-state index in [-0.39, 0.29) is 16.9 Å². The van der Waals surface area contributed by atoms with Crippen LogP contribution in [0.4, 0.5) is 0 Å². The number of aryl methyl sites for hydroxylation is 1. The third-order valence-electron chi connectivity index (χ3n) is 3.58. The number of aromatic amines is 1. The molecule has 3 aromatic rings. The molecule has 3 rings (SSSR count). The minimum atomic E-state index is -0.335. The van der Waals surface area contributed by atoms with Gasteiger partial charge in [-0.25, -0.2) is 0 Å². The molecule has 0 radical (unpaired) electrons. The van der Waals surface area contributed by atoms with Crippen LogP contribution in [0.2, 0.25) is 0 Å². The van der Waals surface area contributed by atoms with Gasteiger partial charge in [0.25, 0.3) is 5.56 Å². The Morgan fingerprint density at radius 2 is 1.76 bits per heavy atom. The Balaban J connectivity index is 2.53. The number of H-pyrrole nitrogens is 1. The van der Waals surface area contributed by atoms with Gasteiger partial charge in [0.05, 0.1) is 5.56 Å². The second kappa shape index (κ2) is 5.02. The summed E-state index contributed by atoms with van der Waals surface area (Å²) >= 11 is 0. The average Bonchev–Trinajstić information content (AvgIpc) is 2.47. The van der Waals surface area contributed by atoms with Crippen LogP contribution in [-0.2, 0) is 0 Å². The lowest BCUT2D eigenvalue weighted by molar-refractivity contribution is 0.101. The summed E-state index contributed by atoms with van der Waals surface area (Å²) in [5.41, 5.74) is 3.31. The number of nitrogens with one attached hydrogen (secondary N) is 1. The predicted octanol–water partition coefficient (Wildman–Crippen LogP) is 3.71. The molecule has 104 valence electrons. The molecular formula is C18H15NO2. The Bertz CT molecular complexity index is 892. The van der Waals surface area contributed by atoms with Gasteiger partial charge >= 0.3 is 0 Å². The number of Topliss-reactive ketones (excluding diaryl/α,β-unsaturated/α-hetero) is 1. The quantitative estimate of drug-likeness (QED) is 0.726. The normalized spacial score (nSPS) is 10.8. The van der Waals surface area contributed by atoms with E-state index in [9.17, 15) is 9.59 Å². The Hall–Kier alpha value is -2.68. The zero-order chi connectivity index (χ0) is 15.0. The predicted molar refractivity (Wildman–Crippen MR) is 84.7 cm³/mol. The van der Waals surface area contributed by atoms with Gasteiger partial charge in [-0.15, -0.1) is 0 Å². The van der Waals surface area contributed by atoms with Crippen molar-refractivity contribution in [1.82, 2.24) is 4.98 Å². The van der Waals surface area contributed by atoms with E-state index >= 15 is 0 Å². The number of hydrogen-bond acceptors (Lipinski definition) is 2. The van der Waals surface area contributed by atoms with Crippen molar-refractivity contribution >= 4 is 16.7 Å². The molecule has 0 bridgehead atoms. The topological polar surface area (TPSA) is 49.9 Å². The van der Waals surface area contributed by atoms with E-state index in [2.05, 4.69) is 4.98 Å². The smallest absolute Gasteiger partial charge is 0.259 e. The highest BCUT2D eigenvalue weighted by molar-refractivity contribution is 6.08. The molecular weight excluding hydrogens is 262 g/mol. The van der Waals surface area contributed by atoms with Crippen LogP contribution in [0.3, 0.4) is 0 Å². The summed E-state index contributed by atoms with van der Waals surface area (Å²) < 4.78 is 0. The molecule has 1 N–H and O–H groups in total. The summed E-state index contributed by atoms with van der Waals surface area (Å²) in [6, 6.07) is 15.4. The maximum absolute atomic E-state index is 12.3. The summed E-state index contributed by atoms with van der Waals surface area (Å²) in [5, 5.41) is 0.894. The molecule has 0 spiro atoms. The lowest BCUT2D eigenvalue weighted by Gasteiger charge is -2.11. The standard InChI is InChI=1S/C18H15NO2/c1-11-8-9-15-14(10-11)17(13-6-4-3-5-7-13)16(12(2)20)18(21)19-15/h3-10H,1-2H3,(H,19,21). The van der Waals surface area contributed by atoms with Gasteiger partial charge in [0, 0.05) is 16.5 Å². The van der Waals surface area contributed by atoms with E-state index in [0.717, 1.165) is 22.0 Å². The van der Waals surface area contributed by atoms with Gasteiger partial charge < -0.3 is 4.98 Å². The van der Waals surface area contributed by atoms with Crippen LogP contribution >= 0.6 is 0 Å². The van der Waals surface area contributed by atoms with E-state index in [1.54, 1.807) is 0 Å². The lowest BCUT2D eigenvalue weighted by atomic mass is 9.94.